The van der Waals surface area contributed by atoms with Crippen molar-refractivity contribution in [2.24, 2.45) is 5.92 Å². The van der Waals surface area contributed by atoms with Crippen LogP contribution in [0.15, 0.2) is 0 Å². The molecule has 2 fully saturated rings. The standard InChI is InChI=1S/C13H26N2.C3H8.C2H6/c1-2-14-10-6-13(7-11-14)12-15-8-4-3-5-9-15;1-3-2;1-2/h13H,2-12H2,1H3;3H2,1-2H3;1-2H3. The second-order valence-corrected chi connectivity index (χ2v) is 5.95. The van der Waals surface area contributed by atoms with Gasteiger partial charge < -0.3 is 9.80 Å². The summed E-state index contributed by atoms with van der Waals surface area (Å²) in [7, 11) is 0. The van der Waals surface area contributed by atoms with Gasteiger partial charge in [-0.15, -0.1) is 0 Å². The highest BCUT2D eigenvalue weighted by molar-refractivity contribution is 4.75. The molecule has 2 heterocycles. The zero-order chi connectivity index (χ0) is 15.2. The van der Waals surface area contributed by atoms with Crippen LogP contribution in [0.25, 0.3) is 0 Å². The summed E-state index contributed by atoms with van der Waals surface area (Å²) in [6, 6.07) is 0. The van der Waals surface area contributed by atoms with Crippen molar-refractivity contribution in [1.29, 1.82) is 0 Å². The molecular formula is C18H40N2. The predicted molar refractivity (Wildman–Crippen MR) is 92.4 cm³/mol. The molecule has 20 heavy (non-hydrogen) atoms. The van der Waals surface area contributed by atoms with Gasteiger partial charge in [0.15, 0.2) is 0 Å². The van der Waals surface area contributed by atoms with Gasteiger partial charge in [0.1, 0.15) is 0 Å². The van der Waals surface area contributed by atoms with Gasteiger partial charge in [0, 0.05) is 6.54 Å². The van der Waals surface area contributed by atoms with E-state index in [4.69, 9.17) is 0 Å². The molecule has 0 atom stereocenters. The fourth-order valence-corrected chi connectivity index (χ4v) is 2.99. The minimum atomic E-state index is 0.992. The molecule has 0 aromatic rings. The average Bonchev–Trinajstić information content (AvgIpc) is 2.52. The van der Waals surface area contributed by atoms with E-state index in [0.29, 0.717) is 0 Å². The van der Waals surface area contributed by atoms with Crippen LogP contribution in [0.3, 0.4) is 0 Å². The molecule has 2 aliphatic rings. The molecule has 2 rings (SSSR count). The highest BCUT2D eigenvalue weighted by atomic mass is 15.1. The van der Waals surface area contributed by atoms with Gasteiger partial charge in [0.25, 0.3) is 0 Å². The average molecular weight is 285 g/mol. The molecule has 2 aliphatic heterocycles. The second-order valence-electron chi connectivity index (χ2n) is 5.95. The Morgan fingerprint density at radius 1 is 0.750 bits per heavy atom. The number of likely N-dealkylation sites (tertiary alicyclic amines) is 2. The lowest BCUT2D eigenvalue weighted by Gasteiger charge is -2.35. The molecule has 0 aromatic carbocycles. The van der Waals surface area contributed by atoms with Gasteiger partial charge in [-0.25, -0.2) is 0 Å². The van der Waals surface area contributed by atoms with Gasteiger partial charge in [0.2, 0.25) is 0 Å². The van der Waals surface area contributed by atoms with Gasteiger partial charge in [-0.05, 0) is 64.3 Å². The lowest BCUT2D eigenvalue weighted by atomic mass is 9.95. The SMILES string of the molecule is CC.CCC.CCN1CCC(CN2CCCCC2)CC1. The van der Waals surface area contributed by atoms with Gasteiger partial charge in [-0.1, -0.05) is 47.5 Å². The first kappa shape index (κ1) is 19.9. The molecule has 2 heteroatoms. The Morgan fingerprint density at radius 3 is 1.70 bits per heavy atom. The molecule has 0 spiro atoms. The van der Waals surface area contributed by atoms with Crippen LogP contribution in [-0.4, -0.2) is 49.1 Å². The van der Waals surface area contributed by atoms with Crippen molar-refractivity contribution in [3.63, 3.8) is 0 Å². The van der Waals surface area contributed by atoms with Gasteiger partial charge in [-0.2, -0.15) is 0 Å². The van der Waals surface area contributed by atoms with Crippen LogP contribution in [0.4, 0.5) is 0 Å². The van der Waals surface area contributed by atoms with Crippen LogP contribution in [-0.2, 0) is 0 Å². The molecule has 0 amide bonds. The van der Waals surface area contributed by atoms with Crippen LogP contribution < -0.4 is 0 Å². The third kappa shape index (κ3) is 8.97. The van der Waals surface area contributed by atoms with Crippen molar-refractivity contribution in [1.82, 2.24) is 9.80 Å². The molecule has 0 bridgehead atoms. The first-order valence-corrected chi connectivity index (χ1v) is 9.24. The Bertz CT molecular complexity index is 180. The summed E-state index contributed by atoms with van der Waals surface area (Å²) >= 11 is 0. The first-order chi connectivity index (χ1) is 9.80. The topological polar surface area (TPSA) is 6.48 Å². The fraction of sp³-hybridized carbons (Fsp3) is 1.00. The fourth-order valence-electron chi connectivity index (χ4n) is 2.99. The van der Waals surface area contributed by atoms with Crippen LogP contribution in [0.1, 0.15) is 73.1 Å². The summed E-state index contributed by atoms with van der Waals surface area (Å²) in [4.78, 5) is 5.29. The summed E-state index contributed by atoms with van der Waals surface area (Å²) in [5.74, 6) is 0.992. The molecule has 0 radical (unpaired) electrons. The maximum atomic E-state index is 2.70. The quantitative estimate of drug-likeness (QED) is 0.744. The van der Waals surface area contributed by atoms with Crippen LogP contribution >= 0.6 is 0 Å². The Labute approximate surface area is 128 Å². The monoisotopic (exact) mass is 284 g/mol. The molecule has 122 valence electrons. The van der Waals surface area contributed by atoms with Crippen LogP contribution in [0.2, 0.25) is 0 Å². The van der Waals surface area contributed by atoms with Crippen molar-refractivity contribution < 1.29 is 0 Å². The number of hydrogen-bond acceptors (Lipinski definition) is 2. The lowest BCUT2D eigenvalue weighted by molar-refractivity contribution is 0.135. The molecular weight excluding hydrogens is 244 g/mol. The van der Waals surface area contributed by atoms with E-state index >= 15 is 0 Å². The zero-order valence-electron chi connectivity index (χ0n) is 15.0. The summed E-state index contributed by atoms with van der Waals surface area (Å²) in [5, 5.41) is 0. The van der Waals surface area contributed by atoms with Crippen molar-refractivity contribution in [2.75, 3.05) is 39.3 Å². The van der Waals surface area contributed by atoms with Crippen molar-refractivity contribution >= 4 is 0 Å². The lowest BCUT2D eigenvalue weighted by Crippen LogP contribution is -2.40. The van der Waals surface area contributed by atoms with E-state index in [-0.39, 0.29) is 0 Å². The number of rotatable bonds is 3. The number of nitrogens with zero attached hydrogens (tertiary/aromatic N) is 2. The highest BCUT2D eigenvalue weighted by Gasteiger charge is 2.21. The normalized spacial score (nSPS) is 21.4. The molecule has 0 aliphatic carbocycles. The van der Waals surface area contributed by atoms with E-state index in [1.54, 1.807) is 0 Å². The second kappa shape index (κ2) is 13.9. The molecule has 0 unspecified atom stereocenters. The summed E-state index contributed by atoms with van der Waals surface area (Å²) in [6.45, 7) is 18.6. The van der Waals surface area contributed by atoms with Crippen molar-refractivity contribution in [2.45, 2.75) is 73.1 Å². The van der Waals surface area contributed by atoms with Crippen LogP contribution in [0.5, 0.6) is 0 Å². The Balaban J connectivity index is 0.000000641. The minimum Gasteiger partial charge on any atom is -0.304 e. The molecule has 2 saturated heterocycles. The van der Waals surface area contributed by atoms with Gasteiger partial charge >= 0.3 is 0 Å². The minimum absolute atomic E-state index is 0.992. The van der Waals surface area contributed by atoms with Crippen molar-refractivity contribution in [3.05, 3.63) is 0 Å². The largest absolute Gasteiger partial charge is 0.304 e. The summed E-state index contributed by atoms with van der Waals surface area (Å²) in [6.07, 6.45) is 8.46. The number of hydrogen-bond donors (Lipinski definition) is 0. The first-order valence-electron chi connectivity index (χ1n) is 9.24. The van der Waals surface area contributed by atoms with Crippen LogP contribution in [0, 0.1) is 5.92 Å². The van der Waals surface area contributed by atoms with E-state index in [1.165, 1.54) is 77.8 Å². The van der Waals surface area contributed by atoms with E-state index in [2.05, 4.69) is 30.6 Å². The third-order valence-corrected chi connectivity index (χ3v) is 4.12. The zero-order valence-corrected chi connectivity index (χ0v) is 15.0. The maximum absolute atomic E-state index is 2.70. The van der Waals surface area contributed by atoms with E-state index < -0.39 is 0 Å². The molecule has 0 N–H and O–H groups in total. The Hall–Kier alpha value is -0.0800. The van der Waals surface area contributed by atoms with Gasteiger partial charge in [-0.3, -0.25) is 0 Å². The molecule has 0 saturated carbocycles. The summed E-state index contributed by atoms with van der Waals surface area (Å²) in [5.41, 5.74) is 0. The van der Waals surface area contributed by atoms with Crippen molar-refractivity contribution in [3.8, 4) is 0 Å². The van der Waals surface area contributed by atoms with E-state index in [0.717, 1.165) is 5.92 Å². The van der Waals surface area contributed by atoms with E-state index in [1.807, 2.05) is 13.8 Å². The predicted octanol–water partition coefficient (Wildman–Crippen LogP) is 4.65. The third-order valence-electron chi connectivity index (χ3n) is 4.12. The smallest absolute Gasteiger partial charge is 0.00106 e. The summed E-state index contributed by atoms with van der Waals surface area (Å²) < 4.78 is 0. The van der Waals surface area contributed by atoms with E-state index in [9.17, 15) is 0 Å². The number of piperidine rings is 2. The highest BCUT2D eigenvalue weighted by Crippen LogP contribution is 2.20. The Kier molecular flexibility index (Phi) is 13.8. The maximum Gasteiger partial charge on any atom is 0.00106 e. The molecule has 0 aromatic heterocycles. The Morgan fingerprint density at radius 2 is 1.25 bits per heavy atom. The molecule has 2 nitrogen and oxygen atoms in total. The van der Waals surface area contributed by atoms with Gasteiger partial charge in [0.05, 0.1) is 0 Å².